The molecule has 112 valence electrons. The number of sulfone groups is 1. The third kappa shape index (κ3) is 3.07. The Morgan fingerprint density at radius 3 is 2.95 bits per heavy atom. The number of carbonyl (C=O) groups is 1. The molecule has 8 heteroatoms. The van der Waals surface area contributed by atoms with Gasteiger partial charge in [0.1, 0.15) is 0 Å². The summed E-state index contributed by atoms with van der Waals surface area (Å²) in [5.74, 6) is -0.238. The van der Waals surface area contributed by atoms with Crippen LogP contribution < -0.4 is 5.32 Å². The van der Waals surface area contributed by atoms with E-state index in [1.807, 2.05) is 0 Å². The standard InChI is InChI=1S/C13H14N2O4S2/c1-21(17,18)9-2-3-10-11(6-9)20-13(14-10)15-12(16)8-4-5-19-7-8/h2-3,6,8H,4-5,7H2,1H3,(H,14,15,16). The van der Waals surface area contributed by atoms with Crippen molar-refractivity contribution >= 4 is 42.4 Å². The summed E-state index contributed by atoms with van der Waals surface area (Å²) in [7, 11) is -3.25. The highest BCUT2D eigenvalue weighted by molar-refractivity contribution is 7.90. The Bertz CT molecular complexity index is 792. The molecule has 1 aliphatic rings. The van der Waals surface area contributed by atoms with E-state index in [0.29, 0.717) is 23.9 Å². The zero-order chi connectivity index (χ0) is 15.0. The molecule has 1 saturated heterocycles. The second-order valence-electron chi connectivity index (χ2n) is 4.97. The van der Waals surface area contributed by atoms with E-state index in [9.17, 15) is 13.2 Å². The zero-order valence-electron chi connectivity index (χ0n) is 11.3. The summed E-state index contributed by atoms with van der Waals surface area (Å²) in [4.78, 5) is 16.5. The Morgan fingerprint density at radius 1 is 1.48 bits per heavy atom. The van der Waals surface area contributed by atoms with Crippen LogP contribution in [0.3, 0.4) is 0 Å². The van der Waals surface area contributed by atoms with Gasteiger partial charge in [0.15, 0.2) is 15.0 Å². The number of rotatable bonds is 3. The Labute approximate surface area is 126 Å². The molecule has 0 saturated carbocycles. The van der Waals surface area contributed by atoms with Gasteiger partial charge < -0.3 is 10.1 Å². The van der Waals surface area contributed by atoms with E-state index in [0.717, 1.165) is 17.4 Å². The molecule has 0 aliphatic carbocycles. The highest BCUT2D eigenvalue weighted by Crippen LogP contribution is 2.28. The largest absolute Gasteiger partial charge is 0.381 e. The molecule has 1 atom stereocenters. The van der Waals surface area contributed by atoms with Crippen LogP contribution in [0.25, 0.3) is 10.2 Å². The van der Waals surface area contributed by atoms with Crippen molar-refractivity contribution in [3.8, 4) is 0 Å². The molecular weight excluding hydrogens is 312 g/mol. The van der Waals surface area contributed by atoms with E-state index in [4.69, 9.17) is 4.74 Å². The molecule has 0 bridgehead atoms. The van der Waals surface area contributed by atoms with Crippen LogP contribution in [-0.2, 0) is 19.4 Å². The Balaban J connectivity index is 1.85. The summed E-state index contributed by atoms with van der Waals surface area (Å²) in [6, 6.07) is 4.75. The predicted molar refractivity (Wildman–Crippen MR) is 80.3 cm³/mol. The first kappa shape index (κ1) is 14.4. The van der Waals surface area contributed by atoms with Gasteiger partial charge in [0.05, 0.1) is 27.6 Å². The lowest BCUT2D eigenvalue weighted by Crippen LogP contribution is -2.22. The number of amides is 1. The third-order valence-corrected chi connectivity index (χ3v) is 5.36. The molecule has 1 unspecified atom stereocenters. The molecule has 1 fully saturated rings. The molecule has 1 aromatic carbocycles. The average Bonchev–Trinajstić information content (AvgIpc) is 3.05. The topological polar surface area (TPSA) is 85.4 Å². The van der Waals surface area contributed by atoms with Crippen molar-refractivity contribution in [2.75, 3.05) is 24.8 Å². The summed E-state index contributed by atoms with van der Waals surface area (Å²) in [5, 5.41) is 3.25. The molecule has 2 heterocycles. The fraction of sp³-hybridized carbons (Fsp3) is 0.385. The number of thiazole rings is 1. The van der Waals surface area contributed by atoms with Crippen molar-refractivity contribution in [2.24, 2.45) is 5.92 Å². The van der Waals surface area contributed by atoms with Crippen molar-refractivity contribution in [1.29, 1.82) is 0 Å². The average molecular weight is 326 g/mol. The zero-order valence-corrected chi connectivity index (χ0v) is 13.0. The van der Waals surface area contributed by atoms with Gasteiger partial charge in [0.25, 0.3) is 0 Å². The van der Waals surface area contributed by atoms with Gasteiger partial charge in [-0.15, -0.1) is 0 Å². The van der Waals surface area contributed by atoms with Gasteiger partial charge in [-0.3, -0.25) is 4.79 Å². The highest BCUT2D eigenvalue weighted by Gasteiger charge is 2.24. The number of nitrogens with one attached hydrogen (secondary N) is 1. The molecule has 3 rings (SSSR count). The molecular formula is C13H14N2O4S2. The minimum Gasteiger partial charge on any atom is -0.381 e. The van der Waals surface area contributed by atoms with E-state index in [1.54, 1.807) is 12.1 Å². The number of ether oxygens (including phenoxy) is 1. The SMILES string of the molecule is CS(=O)(=O)c1ccc2nc(NC(=O)C3CCOC3)sc2c1. The van der Waals surface area contributed by atoms with Gasteiger partial charge in [-0.05, 0) is 24.6 Å². The van der Waals surface area contributed by atoms with Crippen molar-refractivity contribution in [2.45, 2.75) is 11.3 Å². The maximum Gasteiger partial charge on any atom is 0.231 e. The fourth-order valence-electron chi connectivity index (χ4n) is 2.14. The smallest absolute Gasteiger partial charge is 0.231 e. The van der Waals surface area contributed by atoms with E-state index >= 15 is 0 Å². The maximum atomic E-state index is 12.0. The molecule has 1 aliphatic heterocycles. The fourth-order valence-corrected chi connectivity index (χ4v) is 3.77. The van der Waals surface area contributed by atoms with Gasteiger partial charge in [-0.25, -0.2) is 13.4 Å². The van der Waals surface area contributed by atoms with E-state index in [1.165, 1.54) is 17.4 Å². The monoisotopic (exact) mass is 326 g/mol. The first-order chi connectivity index (χ1) is 9.93. The lowest BCUT2D eigenvalue weighted by molar-refractivity contribution is -0.119. The minimum atomic E-state index is -3.25. The first-order valence-corrected chi connectivity index (χ1v) is 9.13. The Kier molecular flexibility index (Phi) is 3.68. The second-order valence-corrected chi connectivity index (χ2v) is 8.02. The van der Waals surface area contributed by atoms with Crippen molar-refractivity contribution in [1.82, 2.24) is 4.98 Å². The molecule has 2 aromatic rings. The molecule has 1 N–H and O–H groups in total. The van der Waals surface area contributed by atoms with Crippen LogP contribution in [-0.4, -0.2) is 38.8 Å². The lowest BCUT2D eigenvalue weighted by Gasteiger charge is -2.05. The number of hydrogen-bond donors (Lipinski definition) is 1. The van der Waals surface area contributed by atoms with Crippen LogP contribution >= 0.6 is 11.3 Å². The molecule has 21 heavy (non-hydrogen) atoms. The van der Waals surface area contributed by atoms with Gasteiger partial charge in [-0.2, -0.15) is 0 Å². The van der Waals surface area contributed by atoms with Crippen molar-refractivity contribution in [3.63, 3.8) is 0 Å². The molecule has 6 nitrogen and oxygen atoms in total. The number of benzene rings is 1. The summed E-state index contributed by atoms with van der Waals surface area (Å²) in [6.07, 6.45) is 1.88. The summed E-state index contributed by atoms with van der Waals surface area (Å²) in [6.45, 7) is 1.05. The van der Waals surface area contributed by atoms with Gasteiger partial charge in [0.2, 0.25) is 5.91 Å². The summed E-state index contributed by atoms with van der Waals surface area (Å²) < 4.78 is 29.0. The second kappa shape index (κ2) is 5.36. The van der Waals surface area contributed by atoms with Crippen LogP contribution in [0, 0.1) is 5.92 Å². The number of carbonyl (C=O) groups excluding carboxylic acids is 1. The normalized spacial score (nSPS) is 19.0. The van der Waals surface area contributed by atoms with Crippen LogP contribution in [0.2, 0.25) is 0 Å². The quantitative estimate of drug-likeness (QED) is 0.927. The summed E-state index contributed by atoms with van der Waals surface area (Å²) >= 11 is 1.27. The van der Waals surface area contributed by atoms with E-state index in [2.05, 4.69) is 10.3 Å². The lowest BCUT2D eigenvalue weighted by atomic mass is 10.1. The third-order valence-electron chi connectivity index (χ3n) is 3.32. The molecule has 0 spiro atoms. The predicted octanol–water partition coefficient (Wildman–Crippen LogP) is 1.67. The van der Waals surface area contributed by atoms with Gasteiger partial charge in [-0.1, -0.05) is 11.3 Å². The minimum absolute atomic E-state index is 0.102. The van der Waals surface area contributed by atoms with Gasteiger partial charge in [0, 0.05) is 12.9 Å². The number of nitrogens with zero attached hydrogens (tertiary/aromatic N) is 1. The Hall–Kier alpha value is -1.51. The highest BCUT2D eigenvalue weighted by atomic mass is 32.2. The van der Waals surface area contributed by atoms with Crippen LogP contribution in [0.4, 0.5) is 5.13 Å². The Morgan fingerprint density at radius 2 is 2.29 bits per heavy atom. The van der Waals surface area contributed by atoms with Crippen molar-refractivity contribution in [3.05, 3.63) is 18.2 Å². The van der Waals surface area contributed by atoms with Crippen molar-refractivity contribution < 1.29 is 17.9 Å². The number of fused-ring (bicyclic) bond motifs is 1. The van der Waals surface area contributed by atoms with Crippen LogP contribution in [0.1, 0.15) is 6.42 Å². The molecule has 1 amide bonds. The number of hydrogen-bond acceptors (Lipinski definition) is 6. The van der Waals surface area contributed by atoms with Crippen LogP contribution in [0.5, 0.6) is 0 Å². The first-order valence-electron chi connectivity index (χ1n) is 6.43. The maximum absolute atomic E-state index is 12.0. The number of anilines is 1. The summed E-state index contributed by atoms with van der Waals surface area (Å²) in [5.41, 5.74) is 0.672. The van der Waals surface area contributed by atoms with Crippen LogP contribution in [0.15, 0.2) is 23.1 Å². The molecule has 1 aromatic heterocycles. The van der Waals surface area contributed by atoms with E-state index in [-0.39, 0.29) is 16.7 Å². The molecule has 0 radical (unpaired) electrons. The number of aromatic nitrogens is 1. The van der Waals surface area contributed by atoms with E-state index < -0.39 is 9.84 Å². The van der Waals surface area contributed by atoms with Gasteiger partial charge >= 0.3 is 0 Å².